The molecular formula is C13H18O2S. The van der Waals surface area contributed by atoms with Gasteiger partial charge in [0.15, 0.2) is 0 Å². The predicted molar refractivity (Wildman–Crippen MR) is 68.1 cm³/mol. The van der Waals surface area contributed by atoms with Gasteiger partial charge < -0.3 is 9.84 Å². The number of hydrogen-bond acceptors (Lipinski definition) is 3. The van der Waals surface area contributed by atoms with Gasteiger partial charge in [-0.15, -0.1) is 0 Å². The van der Waals surface area contributed by atoms with E-state index in [9.17, 15) is 5.11 Å². The standard InChI is InChI=1S/C13H18O2S/c1-2-16-8-7-10-9-12(14)11-5-3-4-6-13(11)15-10/h3-6,10,12,14H,2,7-9H2,1H3. The molecule has 0 bridgehead atoms. The van der Waals surface area contributed by atoms with Crippen LogP contribution in [-0.4, -0.2) is 22.7 Å². The molecule has 0 saturated carbocycles. The SMILES string of the molecule is CCSCCC1CC(O)c2ccccc2O1. The lowest BCUT2D eigenvalue weighted by atomic mass is 9.98. The van der Waals surface area contributed by atoms with Gasteiger partial charge in [-0.25, -0.2) is 0 Å². The van der Waals surface area contributed by atoms with Gasteiger partial charge >= 0.3 is 0 Å². The van der Waals surface area contributed by atoms with Crippen LogP contribution >= 0.6 is 11.8 Å². The molecule has 1 aromatic carbocycles. The Hall–Kier alpha value is -0.670. The van der Waals surface area contributed by atoms with Crippen molar-refractivity contribution in [3.8, 4) is 5.75 Å². The van der Waals surface area contributed by atoms with E-state index in [4.69, 9.17) is 4.74 Å². The smallest absolute Gasteiger partial charge is 0.125 e. The van der Waals surface area contributed by atoms with Crippen molar-refractivity contribution in [2.24, 2.45) is 0 Å². The van der Waals surface area contributed by atoms with E-state index in [0.29, 0.717) is 0 Å². The van der Waals surface area contributed by atoms with Gasteiger partial charge in [0.25, 0.3) is 0 Å². The van der Waals surface area contributed by atoms with Crippen LogP contribution in [0.5, 0.6) is 5.75 Å². The summed E-state index contributed by atoms with van der Waals surface area (Å²) in [6, 6.07) is 7.78. The Kier molecular flexibility index (Phi) is 4.13. The number of aliphatic hydroxyl groups is 1. The zero-order valence-corrected chi connectivity index (χ0v) is 10.4. The molecule has 0 aromatic heterocycles. The summed E-state index contributed by atoms with van der Waals surface area (Å²) in [5.41, 5.74) is 0.932. The highest BCUT2D eigenvalue weighted by Gasteiger charge is 2.25. The minimum Gasteiger partial charge on any atom is -0.490 e. The Morgan fingerprint density at radius 2 is 2.25 bits per heavy atom. The first-order chi connectivity index (χ1) is 7.81. The Morgan fingerprint density at radius 1 is 1.44 bits per heavy atom. The molecule has 0 fully saturated rings. The molecule has 1 aliphatic heterocycles. The lowest BCUT2D eigenvalue weighted by molar-refractivity contribution is 0.0648. The third kappa shape index (κ3) is 2.71. The van der Waals surface area contributed by atoms with Gasteiger partial charge in [-0.3, -0.25) is 0 Å². The lowest BCUT2D eigenvalue weighted by Gasteiger charge is -2.29. The van der Waals surface area contributed by atoms with Crippen LogP contribution in [0.25, 0.3) is 0 Å². The predicted octanol–water partition coefficient (Wildman–Crippen LogP) is 3.01. The van der Waals surface area contributed by atoms with Crippen LogP contribution in [0.3, 0.4) is 0 Å². The van der Waals surface area contributed by atoms with E-state index in [2.05, 4.69) is 6.92 Å². The molecule has 3 heteroatoms. The molecular weight excluding hydrogens is 220 g/mol. The molecule has 1 N–H and O–H groups in total. The van der Waals surface area contributed by atoms with Gasteiger partial charge in [0.05, 0.1) is 6.10 Å². The lowest BCUT2D eigenvalue weighted by Crippen LogP contribution is -2.26. The second-order valence-corrected chi connectivity index (χ2v) is 5.41. The van der Waals surface area contributed by atoms with Crippen molar-refractivity contribution < 1.29 is 9.84 Å². The van der Waals surface area contributed by atoms with Crippen molar-refractivity contribution in [2.75, 3.05) is 11.5 Å². The Morgan fingerprint density at radius 3 is 3.06 bits per heavy atom. The summed E-state index contributed by atoms with van der Waals surface area (Å²) in [6.07, 6.45) is 1.55. The van der Waals surface area contributed by atoms with Crippen molar-refractivity contribution in [3.05, 3.63) is 29.8 Å². The maximum Gasteiger partial charge on any atom is 0.125 e. The topological polar surface area (TPSA) is 29.5 Å². The molecule has 0 aliphatic carbocycles. The third-order valence-electron chi connectivity index (χ3n) is 2.85. The molecule has 1 heterocycles. The first-order valence-electron chi connectivity index (χ1n) is 5.82. The fraction of sp³-hybridized carbons (Fsp3) is 0.538. The molecule has 0 amide bonds. The van der Waals surface area contributed by atoms with Crippen LogP contribution in [0, 0.1) is 0 Å². The molecule has 0 spiro atoms. The number of thioether (sulfide) groups is 1. The minimum absolute atomic E-state index is 0.170. The van der Waals surface area contributed by atoms with E-state index in [0.717, 1.165) is 35.7 Å². The Labute approximate surface area is 101 Å². The number of rotatable bonds is 4. The van der Waals surface area contributed by atoms with Crippen LogP contribution in [0.1, 0.15) is 31.4 Å². The van der Waals surface area contributed by atoms with Gasteiger partial charge in [0, 0.05) is 12.0 Å². The zero-order valence-electron chi connectivity index (χ0n) is 9.56. The summed E-state index contributed by atoms with van der Waals surface area (Å²) >= 11 is 1.92. The number of aliphatic hydroxyl groups excluding tert-OH is 1. The maximum atomic E-state index is 10.0. The summed E-state index contributed by atoms with van der Waals surface area (Å²) < 4.78 is 5.88. The highest BCUT2D eigenvalue weighted by molar-refractivity contribution is 7.99. The monoisotopic (exact) mass is 238 g/mol. The Balaban J connectivity index is 1.98. The van der Waals surface area contributed by atoms with Gasteiger partial charge in [-0.05, 0) is 24.0 Å². The normalized spacial score (nSPS) is 23.6. The number of hydrogen-bond donors (Lipinski definition) is 1. The van der Waals surface area contributed by atoms with E-state index in [1.165, 1.54) is 0 Å². The molecule has 2 nitrogen and oxygen atoms in total. The zero-order chi connectivity index (χ0) is 11.4. The third-order valence-corrected chi connectivity index (χ3v) is 3.78. The van der Waals surface area contributed by atoms with E-state index in [1.807, 2.05) is 36.0 Å². The largest absolute Gasteiger partial charge is 0.490 e. The highest BCUT2D eigenvalue weighted by Crippen LogP contribution is 2.35. The average Bonchev–Trinajstić information content (AvgIpc) is 2.30. The van der Waals surface area contributed by atoms with Crippen molar-refractivity contribution >= 4 is 11.8 Å². The van der Waals surface area contributed by atoms with Crippen molar-refractivity contribution in [1.82, 2.24) is 0 Å². The molecule has 88 valence electrons. The minimum atomic E-state index is -0.360. The van der Waals surface area contributed by atoms with Gasteiger partial charge in [0.1, 0.15) is 11.9 Å². The quantitative estimate of drug-likeness (QED) is 0.818. The van der Waals surface area contributed by atoms with E-state index >= 15 is 0 Å². The second kappa shape index (κ2) is 5.60. The van der Waals surface area contributed by atoms with Gasteiger partial charge in [0.2, 0.25) is 0 Å². The average molecular weight is 238 g/mol. The summed E-state index contributed by atoms with van der Waals surface area (Å²) in [7, 11) is 0. The summed E-state index contributed by atoms with van der Waals surface area (Å²) in [6.45, 7) is 2.16. The second-order valence-electron chi connectivity index (χ2n) is 4.01. The first-order valence-corrected chi connectivity index (χ1v) is 6.98. The maximum absolute atomic E-state index is 10.0. The van der Waals surface area contributed by atoms with Gasteiger partial charge in [-0.2, -0.15) is 11.8 Å². The van der Waals surface area contributed by atoms with E-state index in [1.54, 1.807) is 0 Å². The van der Waals surface area contributed by atoms with Gasteiger partial charge in [-0.1, -0.05) is 25.1 Å². The first kappa shape index (κ1) is 11.8. The van der Waals surface area contributed by atoms with Crippen LogP contribution < -0.4 is 4.74 Å². The van der Waals surface area contributed by atoms with Crippen LogP contribution in [-0.2, 0) is 0 Å². The molecule has 0 saturated heterocycles. The van der Waals surface area contributed by atoms with Crippen molar-refractivity contribution in [1.29, 1.82) is 0 Å². The molecule has 2 rings (SSSR count). The number of fused-ring (bicyclic) bond motifs is 1. The molecule has 1 aliphatic rings. The molecule has 16 heavy (non-hydrogen) atoms. The molecule has 1 aromatic rings. The van der Waals surface area contributed by atoms with E-state index < -0.39 is 0 Å². The Bertz CT molecular complexity index is 340. The summed E-state index contributed by atoms with van der Waals surface area (Å²) in [4.78, 5) is 0. The molecule has 2 atom stereocenters. The van der Waals surface area contributed by atoms with Crippen LogP contribution in [0.15, 0.2) is 24.3 Å². The van der Waals surface area contributed by atoms with E-state index in [-0.39, 0.29) is 12.2 Å². The molecule has 0 radical (unpaired) electrons. The molecule has 2 unspecified atom stereocenters. The fourth-order valence-corrected chi connectivity index (χ4v) is 2.72. The number of benzene rings is 1. The number of para-hydroxylation sites is 1. The summed E-state index contributed by atoms with van der Waals surface area (Å²) in [5.74, 6) is 3.11. The van der Waals surface area contributed by atoms with Crippen LogP contribution in [0.4, 0.5) is 0 Å². The van der Waals surface area contributed by atoms with Crippen molar-refractivity contribution in [3.63, 3.8) is 0 Å². The van der Waals surface area contributed by atoms with Crippen LogP contribution in [0.2, 0.25) is 0 Å². The number of ether oxygens (including phenoxy) is 1. The summed E-state index contributed by atoms with van der Waals surface area (Å²) in [5, 5.41) is 10.0. The fourth-order valence-electron chi connectivity index (χ4n) is 2.00. The van der Waals surface area contributed by atoms with Crippen molar-refractivity contribution in [2.45, 2.75) is 32.0 Å². The highest BCUT2D eigenvalue weighted by atomic mass is 32.2.